The van der Waals surface area contributed by atoms with E-state index in [0.29, 0.717) is 0 Å². The summed E-state index contributed by atoms with van der Waals surface area (Å²) in [5.74, 6) is 0. The van der Waals surface area contributed by atoms with Gasteiger partial charge < -0.3 is 9.97 Å². The summed E-state index contributed by atoms with van der Waals surface area (Å²) in [5.41, 5.74) is 10.1. The zero-order valence-electron chi connectivity index (χ0n) is 18.6. The van der Waals surface area contributed by atoms with E-state index in [1.807, 2.05) is 30.4 Å². The third-order valence-corrected chi connectivity index (χ3v) is 6.23. The Labute approximate surface area is 212 Å². The molecule has 0 amide bonds. The predicted octanol–water partition coefficient (Wildman–Crippen LogP) is 7.47. The van der Waals surface area contributed by atoms with Crippen LogP contribution in [0.3, 0.4) is 0 Å². The number of rotatable bonds is 1. The van der Waals surface area contributed by atoms with Gasteiger partial charge in [-0.05, 0) is 89.2 Å². The normalized spacial score (nSPS) is 12.1. The maximum Gasteiger partial charge on any atom is 0.0659 e. The number of aromatic nitrogens is 4. The molecule has 3 aromatic heterocycles. The first-order valence-corrected chi connectivity index (χ1v) is 11.3. The minimum atomic E-state index is 0. The second-order valence-electron chi connectivity index (χ2n) is 8.65. The number of H-pyrrole nitrogens is 2. The molecule has 35 heavy (non-hydrogen) atoms. The van der Waals surface area contributed by atoms with Gasteiger partial charge in [0.1, 0.15) is 0 Å². The van der Waals surface area contributed by atoms with E-state index in [1.54, 1.807) is 0 Å². The van der Waals surface area contributed by atoms with E-state index in [9.17, 15) is 0 Å². The third kappa shape index (κ3) is 4.12. The van der Waals surface area contributed by atoms with E-state index in [4.69, 9.17) is 9.97 Å². The molecule has 2 N–H and O–H groups in total. The quantitative estimate of drug-likeness (QED) is 0.248. The van der Waals surface area contributed by atoms with E-state index in [1.165, 1.54) is 16.3 Å². The Hall–Kier alpha value is -4.19. The van der Waals surface area contributed by atoms with Crippen LogP contribution in [0.25, 0.3) is 68.3 Å². The van der Waals surface area contributed by atoms with Crippen molar-refractivity contribution in [3.63, 3.8) is 0 Å². The number of fused-ring (bicyclic) bond motifs is 9. The molecule has 5 heteroatoms. The van der Waals surface area contributed by atoms with Gasteiger partial charge in [-0.25, -0.2) is 9.97 Å². The van der Waals surface area contributed by atoms with E-state index in [-0.39, 0.29) is 16.8 Å². The van der Waals surface area contributed by atoms with Crippen LogP contribution in [-0.2, 0) is 16.8 Å². The van der Waals surface area contributed by atoms with Crippen LogP contribution in [0, 0.1) is 0 Å². The molecule has 5 aromatic rings. The summed E-state index contributed by atoms with van der Waals surface area (Å²) >= 11 is 0. The van der Waals surface area contributed by atoms with Crippen LogP contribution in [0.15, 0.2) is 84.9 Å². The maximum absolute atomic E-state index is 4.81. The molecule has 0 spiro atoms. The van der Waals surface area contributed by atoms with Gasteiger partial charge in [0.15, 0.2) is 0 Å². The molecule has 2 aromatic carbocycles. The average Bonchev–Trinajstić information content (AvgIpc) is 3.64. The fourth-order valence-electron chi connectivity index (χ4n) is 4.61. The SMILES string of the molecule is C1=Cc2cc3ccc(cc4cc(-c5ccc6ccccc6c5)c(cc5nc(cc1n2)C=C5)[nH]4)[nH]3.[Co]. The van der Waals surface area contributed by atoms with Crippen molar-refractivity contribution in [1.29, 1.82) is 0 Å². The van der Waals surface area contributed by atoms with Gasteiger partial charge in [-0.2, -0.15) is 0 Å². The molecular weight excluding hydrogens is 475 g/mol. The smallest absolute Gasteiger partial charge is 0.0659 e. The van der Waals surface area contributed by atoms with Gasteiger partial charge in [0.05, 0.1) is 22.8 Å². The topological polar surface area (TPSA) is 57.4 Å². The fraction of sp³-hybridized carbons (Fsp3) is 0. The summed E-state index contributed by atoms with van der Waals surface area (Å²) in [6.45, 7) is 0. The molecule has 0 aliphatic carbocycles. The second-order valence-corrected chi connectivity index (χ2v) is 8.65. The fourth-order valence-corrected chi connectivity index (χ4v) is 4.61. The van der Waals surface area contributed by atoms with E-state index in [2.05, 4.69) is 88.8 Å². The summed E-state index contributed by atoms with van der Waals surface area (Å²) in [5, 5.41) is 2.46. The van der Waals surface area contributed by atoms with Crippen molar-refractivity contribution in [2.45, 2.75) is 0 Å². The predicted molar refractivity (Wildman–Crippen MR) is 142 cm³/mol. The standard InChI is InChI=1S/C30H20N4.Co/c1-2-4-20-13-21(6-5-19(20)3-1)29-17-28-16-26-10-9-24(32-26)14-22-7-8-23(31-22)15-25-11-12-27(33-25)18-30(29)34-28;/h1-18,32,34H;. The van der Waals surface area contributed by atoms with Gasteiger partial charge in [-0.15, -0.1) is 0 Å². The van der Waals surface area contributed by atoms with Crippen LogP contribution in [0.2, 0.25) is 0 Å². The van der Waals surface area contributed by atoms with Gasteiger partial charge >= 0.3 is 0 Å². The first kappa shape index (κ1) is 21.3. The molecule has 8 bridgehead atoms. The second kappa shape index (κ2) is 8.54. The van der Waals surface area contributed by atoms with Crippen LogP contribution in [0.5, 0.6) is 0 Å². The Bertz CT molecular complexity index is 1820. The number of nitrogens with zero attached hydrogens (tertiary/aromatic N) is 2. The summed E-state index contributed by atoms with van der Waals surface area (Å²) in [7, 11) is 0. The van der Waals surface area contributed by atoms with Gasteiger partial charge in [-0.3, -0.25) is 0 Å². The van der Waals surface area contributed by atoms with E-state index < -0.39 is 0 Å². The van der Waals surface area contributed by atoms with E-state index in [0.717, 1.165) is 50.4 Å². The average molecular weight is 495 g/mol. The molecule has 169 valence electrons. The van der Waals surface area contributed by atoms with Gasteiger partial charge in [-0.1, -0.05) is 36.4 Å². The van der Waals surface area contributed by atoms with Crippen LogP contribution in [0.4, 0.5) is 0 Å². The minimum absolute atomic E-state index is 0. The summed E-state index contributed by atoms with van der Waals surface area (Å²) < 4.78 is 0. The molecule has 0 saturated carbocycles. The zero-order chi connectivity index (χ0) is 22.5. The van der Waals surface area contributed by atoms with Crippen molar-refractivity contribution in [1.82, 2.24) is 19.9 Å². The molecule has 2 aliphatic heterocycles. The van der Waals surface area contributed by atoms with Gasteiger partial charge in [0.2, 0.25) is 0 Å². The van der Waals surface area contributed by atoms with Crippen molar-refractivity contribution in [2.75, 3.05) is 0 Å². The summed E-state index contributed by atoms with van der Waals surface area (Å²) in [6.07, 6.45) is 8.12. The molecule has 0 saturated heterocycles. The third-order valence-electron chi connectivity index (χ3n) is 6.23. The number of nitrogens with one attached hydrogen (secondary N) is 2. The summed E-state index contributed by atoms with van der Waals surface area (Å²) in [4.78, 5) is 16.6. The van der Waals surface area contributed by atoms with Crippen LogP contribution < -0.4 is 0 Å². The Balaban J connectivity index is 0.00000229. The molecule has 0 atom stereocenters. The Morgan fingerprint density at radius 1 is 0.486 bits per heavy atom. The molecule has 7 rings (SSSR count). The van der Waals surface area contributed by atoms with Crippen molar-refractivity contribution < 1.29 is 16.8 Å². The molecule has 1 radical (unpaired) electrons. The number of hydrogen-bond donors (Lipinski definition) is 2. The van der Waals surface area contributed by atoms with Gasteiger partial charge in [0, 0.05) is 44.4 Å². The Kier molecular flexibility index (Phi) is 5.21. The Morgan fingerprint density at radius 3 is 1.91 bits per heavy atom. The monoisotopic (exact) mass is 495 g/mol. The Morgan fingerprint density at radius 2 is 1.14 bits per heavy atom. The van der Waals surface area contributed by atoms with Crippen LogP contribution >= 0.6 is 0 Å². The largest absolute Gasteiger partial charge is 0.355 e. The molecule has 4 nitrogen and oxygen atoms in total. The number of benzene rings is 2. The molecule has 0 fully saturated rings. The minimum Gasteiger partial charge on any atom is -0.355 e. The summed E-state index contributed by atoms with van der Waals surface area (Å²) in [6, 6.07) is 29.8. The van der Waals surface area contributed by atoms with Crippen LogP contribution in [0.1, 0.15) is 22.8 Å². The molecule has 5 heterocycles. The zero-order valence-corrected chi connectivity index (χ0v) is 19.7. The first-order chi connectivity index (χ1) is 16.7. The maximum atomic E-state index is 4.81. The molecule has 2 aliphatic rings. The molecular formula is C30H20CoN4. The molecule has 0 unspecified atom stereocenters. The van der Waals surface area contributed by atoms with Gasteiger partial charge in [0.25, 0.3) is 0 Å². The van der Waals surface area contributed by atoms with Crippen molar-refractivity contribution in [3.8, 4) is 11.1 Å². The van der Waals surface area contributed by atoms with Crippen molar-refractivity contribution in [2.24, 2.45) is 0 Å². The number of aromatic amines is 2. The first-order valence-electron chi connectivity index (χ1n) is 11.3. The van der Waals surface area contributed by atoms with Crippen LogP contribution in [-0.4, -0.2) is 19.9 Å². The van der Waals surface area contributed by atoms with Crippen molar-refractivity contribution in [3.05, 3.63) is 108 Å². The number of hydrogen-bond acceptors (Lipinski definition) is 2. The van der Waals surface area contributed by atoms with E-state index >= 15 is 0 Å². The van der Waals surface area contributed by atoms with Crippen molar-refractivity contribution >= 4 is 57.1 Å².